The van der Waals surface area contributed by atoms with Crippen LogP contribution in [0.3, 0.4) is 0 Å². The molecule has 2 atom stereocenters. The highest BCUT2D eigenvalue weighted by atomic mass is 32.2. The van der Waals surface area contributed by atoms with Gasteiger partial charge in [-0.05, 0) is 50.6 Å². The topological polar surface area (TPSA) is 73.2 Å². The first-order chi connectivity index (χ1) is 13.2. The van der Waals surface area contributed by atoms with Crippen molar-refractivity contribution >= 4 is 10.0 Å². The summed E-state index contributed by atoms with van der Waals surface area (Å²) in [6.07, 6.45) is 1.23. The highest BCUT2D eigenvalue weighted by Crippen LogP contribution is 2.37. The number of benzene rings is 1. The molecular weight excluding hydrogens is 388 g/mol. The minimum atomic E-state index is -3.47. The van der Waals surface area contributed by atoms with Crippen LogP contribution in [0.1, 0.15) is 31.9 Å². The molecule has 1 aliphatic carbocycles. The Kier molecular flexibility index (Phi) is 6.04. The first-order valence-corrected chi connectivity index (χ1v) is 11.0. The van der Waals surface area contributed by atoms with Gasteiger partial charge in [-0.2, -0.15) is 5.10 Å². The molecule has 0 radical (unpaired) electrons. The van der Waals surface area contributed by atoms with Crippen LogP contribution in [-0.4, -0.2) is 42.5 Å². The average Bonchev–Trinajstić information content (AvgIpc) is 3.08. The Balaban J connectivity index is 1.66. The Hall–Kier alpha value is -2.00. The third-order valence-corrected chi connectivity index (χ3v) is 6.37. The highest BCUT2D eigenvalue weighted by molar-refractivity contribution is 7.89. The third kappa shape index (κ3) is 5.29. The van der Waals surface area contributed by atoms with E-state index in [0.717, 1.165) is 11.4 Å². The molecule has 6 nitrogen and oxygen atoms in total. The van der Waals surface area contributed by atoms with Gasteiger partial charge in [0.25, 0.3) is 0 Å². The zero-order valence-electron chi connectivity index (χ0n) is 15.9. The molecule has 0 unspecified atom stereocenters. The number of alkyl halides is 2. The van der Waals surface area contributed by atoms with Crippen molar-refractivity contribution in [3.63, 3.8) is 0 Å². The van der Waals surface area contributed by atoms with E-state index in [0.29, 0.717) is 5.75 Å². The lowest BCUT2D eigenvalue weighted by Crippen LogP contribution is -2.48. The van der Waals surface area contributed by atoms with Gasteiger partial charge in [0.1, 0.15) is 5.75 Å². The van der Waals surface area contributed by atoms with Gasteiger partial charge in [-0.25, -0.2) is 26.6 Å². The molecule has 0 spiro atoms. The first kappa shape index (κ1) is 20.7. The van der Waals surface area contributed by atoms with Crippen molar-refractivity contribution in [3.05, 3.63) is 42.2 Å². The van der Waals surface area contributed by atoms with Crippen LogP contribution in [0, 0.1) is 12.8 Å². The molecule has 1 N–H and O–H groups in total. The Morgan fingerprint density at radius 3 is 2.61 bits per heavy atom. The number of rotatable bonds is 7. The maximum absolute atomic E-state index is 13.9. The summed E-state index contributed by atoms with van der Waals surface area (Å²) >= 11 is 0. The van der Waals surface area contributed by atoms with Gasteiger partial charge < -0.3 is 4.74 Å². The monoisotopic (exact) mass is 413 g/mol. The maximum Gasteiger partial charge on any atom is 0.248 e. The molecule has 3 rings (SSSR count). The van der Waals surface area contributed by atoms with Crippen molar-refractivity contribution in [2.24, 2.45) is 5.92 Å². The molecule has 2 aromatic rings. The fraction of sp³-hybridized carbons (Fsp3) is 0.526. The van der Waals surface area contributed by atoms with Gasteiger partial charge in [-0.15, -0.1) is 0 Å². The minimum Gasteiger partial charge on any atom is -0.493 e. The second-order valence-corrected chi connectivity index (χ2v) is 9.24. The van der Waals surface area contributed by atoms with E-state index < -0.39 is 34.3 Å². The van der Waals surface area contributed by atoms with Crippen LogP contribution in [0.25, 0.3) is 5.69 Å². The quantitative estimate of drug-likeness (QED) is 0.756. The number of hydrogen-bond acceptors (Lipinski definition) is 4. The summed E-state index contributed by atoms with van der Waals surface area (Å²) in [5.74, 6) is -2.94. The Labute approximate surface area is 163 Å². The van der Waals surface area contributed by atoms with Gasteiger partial charge in [-0.1, -0.05) is 0 Å². The SMILES string of the molecule is CCS(=O)(=O)N[C@H]1CCC(F)(F)C[C@@H]1COc1ccc(-n2ccc(C)n2)cc1. The predicted octanol–water partition coefficient (Wildman–Crippen LogP) is 3.30. The van der Waals surface area contributed by atoms with Gasteiger partial charge in [-0.3, -0.25) is 0 Å². The summed E-state index contributed by atoms with van der Waals surface area (Å²) in [5.41, 5.74) is 1.76. The number of sulfonamides is 1. The second kappa shape index (κ2) is 8.16. The summed E-state index contributed by atoms with van der Waals surface area (Å²) < 4.78 is 61.5. The number of aryl methyl sites for hydroxylation is 1. The van der Waals surface area contributed by atoms with Crippen molar-refractivity contribution < 1.29 is 21.9 Å². The molecule has 0 bridgehead atoms. The molecule has 1 fully saturated rings. The summed E-state index contributed by atoms with van der Waals surface area (Å²) in [6, 6.07) is 8.50. The standard InChI is InChI=1S/C19H25F2N3O3S/c1-3-28(25,26)23-18-8-10-19(20,21)12-15(18)13-27-17-6-4-16(5-7-17)24-11-9-14(2)22-24/h4-7,9,11,15,18,23H,3,8,10,12-13H2,1-2H3/t15-,18+/m1/s1. The smallest absolute Gasteiger partial charge is 0.248 e. The first-order valence-electron chi connectivity index (χ1n) is 9.31. The predicted molar refractivity (Wildman–Crippen MR) is 102 cm³/mol. The van der Waals surface area contributed by atoms with Gasteiger partial charge >= 0.3 is 0 Å². The molecule has 28 heavy (non-hydrogen) atoms. The molecule has 1 aliphatic rings. The molecule has 0 amide bonds. The van der Waals surface area contributed by atoms with E-state index in [2.05, 4.69) is 9.82 Å². The van der Waals surface area contributed by atoms with Crippen LogP contribution >= 0.6 is 0 Å². The molecule has 0 aliphatic heterocycles. The van der Waals surface area contributed by atoms with Gasteiger partial charge in [0.2, 0.25) is 15.9 Å². The number of hydrogen-bond donors (Lipinski definition) is 1. The van der Waals surface area contributed by atoms with Crippen molar-refractivity contribution in [2.45, 2.75) is 45.1 Å². The van der Waals surface area contributed by atoms with Gasteiger partial charge in [0, 0.05) is 31.0 Å². The molecule has 1 aromatic carbocycles. The van der Waals surface area contributed by atoms with Crippen LogP contribution in [0.4, 0.5) is 8.78 Å². The number of nitrogens with zero attached hydrogens (tertiary/aromatic N) is 2. The van der Waals surface area contributed by atoms with E-state index in [1.807, 2.05) is 31.3 Å². The van der Waals surface area contributed by atoms with E-state index in [9.17, 15) is 17.2 Å². The lowest BCUT2D eigenvalue weighted by molar-refractivity contribution is -0.0660. The largest absolute Gasteiger partial charge is 0.493 e. The number of ether oxygens (including phenoxy) is 1. The Morgan fingerprint density at radius 2 is 2.00 bits per heavy atom. The van der Waals surface area contributed by atoms with Crippen LogP contribution in [0.15, 0.2) is 36.5 Å². The molecule has 154 valence electrons. The summed E-state index contributed by atoms with van der Waals surface area (Å²) in [6.45, 7) is 3.44. The summed E-state index contributed by atoms with van der Waals surface area (Å²) in [7, 11) is -3.47. The van der Waals surface area contributed by atoms with Gasteiger partial charge in [0.15, 0.2) is 0 Å². The normalized spacial score (nSPS) is 22.1. The number of aromatic nitrogens is 2. The highest BCUT2D eigenvalue weighted by Gasteiger charge is 2.42. The minimum absolute atomic E-state index is 0.0206. The molecule has 1 aromatic heterocycles. The molecule has 0 saturated heterocycles. The molecular formula is C19H25F2N3O3S. The molecule has 9 heteroatoms. The molecule has 1 heterocycles. The maximum atomic E-state index is 13.9. The fourth-order valence-corrected chi connectivity index (χ4v) is 4.27. The van der Waals surface area contributed by atoms with E-state index >= 15 is 0 Å². The van der Waals surface area contributed by atoms with E-state index in [1.54, 1.807) is 16.8 Å². The van der Waals surface area contributed by atoms with Crippen molar-refractivity contribution in [1.82, 2.24) is 14.5 Å². The lowest BCUT2D eigenvalue weighted by Gasteiger charge is -2.36. The Bertz CT molecular complexity index is 897. The van der Waals surface area contributed by atoms with Crippen LogP contribution in [0.2, 0.25) is 0 Å². The number of halogens is 2. The average molecular weight is 413 g/mol. The van der Waals surface area contributed by atoms with Gasteiger partial charge in [0.05, 0.1) is 23.7 Å². The zero-order chi connectivity index (χ0) is 20.4. The van der Waals surface area contributed by atoms with E-state index in [-0.39, 0.29) is 25.2 Å². The Morgan fingerprint density at radius 1 is 1.29 bits per heavy atom. The van der Waals surface area contributed by atoms with E-state index in [1.165, 1.54) is 6.92 Å². The lowest BCUT2D eigenvalue weighted by atomic mass is 9.83. The van der Waals surface area contributed by atoms with Crippen molar-refractivity contribution in [2.75, 3.05) is 12.4 Å². The van der Waals surface area contributed by atoms with Crippen LogP contribution in [-0.2, 0) is 10.0 Å². The van der Waals surface area contributed by atoms with Crippen molar-refractivity contribution in [3.8, 4) is 11.4 Å². The van der Waals surface area contributed by atoms with Crippen LogP contribution in [0.5, 0.6) is 5.75 Å². The third-order valence-electron chi connectivity index (χ3n) is 4.95. The summed E-state index contributed by atoms with van der Waals surface area (Å²) in [4.78, 5) is 0. The zero-order valence-corrected chi connectivity index (χ0v) is 16.8. The fourth-order valence-electron chi connectivity index (χ4n) is 3.33. The van der Waals surface area contributed by atoms with E-state index in [4.69, 9.17) is 4.74 Å². The van der Waals surface area contributed by atoms with Crippen LogP contribution < -0.4 is 9.46 Å². The van der Waals surface area contributed by atoms with Crippen molar-refractivity contribution in [1.29, 1.82) is 0 Å². The second-order valence-electron chi connectivity index (χ2n) is 7.19. The molecule has 1 saturated carbocycles. The number of nitrogens with one attached hydrogen (secondary N) is 1. The summed E-state index contributed by atoms with van der Waals surface area (Å²) in [5, 5.41) is 4.33.